The predicted molar refractivity (Wildman–Crippen MR) is 49.9 cm³/mol. The molecule has 2 rings (SSSR count). The Morgan fingerprint density at radius 1 is 1.47 bits per heavy atom. The number of nitrogens with one attached hydrogen (secondary N) is 1. The van der Waals surface area contributed by atoms with Gasteiger partial charge < -0.3 is 4.90 Å². The van der Waals surface area contributed by atoms with Crippen molar-refractivity contribution in [3.8, 4) is 0 Å². The molecule has 1 amide bonds. The molecule has 0 spiro atoms. The van der Waals surface area contributed by atoms with Crippen LogP contribution in [0.2, 0.25) is 0 Å². The van der Waals surface area contributed by atoms with Gasteiger partial charge in [-0.1, -0.05) is 0 Å². The van der Waals surface area contributed by atoms with Gasteiger partial charge in [-0.25, -0.2) is 8.78 Å². The smallest absolute Gasteiger partial charge is 0.237 e. The number of benzene rings is 1. The first-order valence-corrected chi connectivity index (χ1v) is 4.53. The normalized spacial score (nSPS) is 21.1. The van der Waals surface area contributed by atoms with Crippen LogP contribution in [0, 0.1) is 11.6 Å². The lowest BCUT2D eigenvalue weighted by molar-refractivity contribution is -0.126. The molecule has 3 nitrogen and oxygen atoms in total. The molecular formula is C10H10F2N2O. The zero-order valence-corrected chi connectivity index (χ0v) is 8.13. The zero-order valence-electron chi connectivity index (χ0n) is 8.13. The molecule has 1 N–H and O–H groups in total. The first-order chi connectivity index (χ1) is 7.09. The van der Waals surface area contributed by atoms with E-state index in [0.29, 0.717) is 0 Å². The van der Waals surface area contributed by atoms with Crippen LogP contribution in [0.4, 0.5) is 8.78 Å². The topological polar surface area (TPSA) is 32.3 Å². The molecule has 0 radical (unpaired) electrons. The average Bonchev–Trinajstić information content (AvgIpc) is 2.49. The molecule has 5 heteroatoms. The van der Waals surface area contributed by atoms with Gasteiger partial charge in [-0.3, -0.25) is 10.1 Å². The summed E-state index contributed by atoms with van der Waals surface area (Å²) in [6.45, 7) is 0.179. The molecule has 1 atom stereocenters. The fourth-order valence-electron chi connectivity index (χ4n) is 1.63. The molecule has 80 valence electrons. The summed E-state index contributed by atoms with van der Waals surface area (Å²) < 4.78 is 26.1. The van der Waals surface area contributed by atoms with E-state index >= 15 is 0 Å². The third kappa shape index (κ3) is 1.70. The molecule has 0 aromatic heterocycles. The van der Waals surface area contributed by atoms with Crippen LogP contribution in [-0.4, -0.2) is 24.4 Å². The van der Waals surface area contributed by atoms with Crippen molar-refractivity contribution in [3.05, 3.63) is 35.4 Å². The first kappa shape index (κ1) is 10.0. The Bertz CT molecular complexity index is 408. The number of halogens is 2. The molecule has 1 unspecified atom stereocenters. The van der Waals surface area contributed by atoms with Gasteiger partial charge in [-0.05, 0) is 12.1 Å². The summed E-state index contributed by atoms with van der Waals surface area (Å²) in [5.74, 6) is -1.37. The second-order valence-corrected chi connectivity index (χ2v) is 3.45. The van der Waals surface area contributed by atoms with E-state index in [2.05, 4.69) is 5.32 Å². The quantitative estimate of drug-likeness (QED) is 0.754. The number of carbonyl (C=O) groups is 1. The Kier molecular flexibility index (Phi) is 2.40. The van der Waals surface area contributed by atoms with Crippen molar-refractivity contribution >= 4 is 5.91 Å². The van der Waals surface area contributed by atoms with E-state index in [1.807, 2.05) is 0 Å². The van der Waals surface area contributed by atoms with Gasteiger partial charge in [0.05, 0.1) is 6.54 Å². The zero-order chi connectivity index (χ0) is 11.0. The molecule has 0 bridgehead atoms. The highest BCUT2D eigenvalue weighted by molar-refractivity contribution is 5.80. The Balaban J connectivity index is 2.34. The van der Waals surface area contributed by atoms with Crippen molar-refractivity contribution in [1.29, 1.82) is 0 Å². The lowest BCUT2D eigenvalue weighted by Gasteiger charge is -2.20. The van der Waals surface area contributed by atoms with Crippen molar-refractivity contribution in [2.24, 2.45) is 0 Å². The van der Waals surface area contributed by atoms with E-state index in [9.17, 15) is 13.6 Å². The fourth-order valence-corrected chi connectivity index (χ4v) is 1.63. The van der Waals surface area contributed by atoms with Gasteiger partial charge in [-0.15, -0.1) is 0 Å². The van der Waals surface area contributed by atoms with Crippen LogP contribution in [-0.2, 0) is 4.79 Å². The second-order valence-electron chi connectivity index (χ2n) is 3.45. The number of amides is 1. The molecule has 1 aromatic carbocycles. The van der Waals surface area contributed by atoms with Gasteiger partial charge in [0.15, 0.2) is 0 Å². The van der Waals surface area contributed by atoms with E-state index in [1.54, 1.807) is 7.05 Å². The van der Waals surface area contributed by atoms with Crippen LogP contribution in [0.25, 0.3) is 0 Å². The molecule has 1 fully saturated rings. The van der Waals surface area contributed by atoms with Crippen LogP contribution < -0.4 is 5.32 Å². The van der Waals surface area contributed by atoms with Crippen LogP contribution in [0.3, 0.4) is 0 Å². The molecular weight excluding hydrogens is 202 g/mol. The Morgan fingerprint density at radius 2 is 2.20 bits per heavy atom. The third-order valence-corrected chi connectivity index (χ3v) is 2.48. The van der Waals surface area contributed by atoms with E-state index in [1.165, 1.54) is 17.0 Å². The maximum Gasteiger partial charge on any atom is 0.237 e. The average molecular weight is 212 g/mol. The number of likely N-dealkylation sites (N-methyl/N-ethyl adjacent to an activating group) is 1. The van der Waals surface area contributed by atoms with Crippen molar-refractivity contribution < 1.29 is 13.6 Å². The van der Waals surface area contributed by atoms with Gasteiger partial charge >= 0.3 is 0 Å². The van der Waals surface area contributed by atoms with E-state index in [-0.39, 0.29) is 18.0 Å². The molecule has 1 heterocycles. The Labute approximate surface area is 85.7 Å². The predicted octanol–water partition coefficient (Wildman–Crippen LogP) is 1.02. The fraction of sp³-hybridized carbons (Fsp3) is 0.300. The largest absolute Gasteiger partial charge is 0.325 e. The highest BCUT2D eigenvalue weighted by Gasteiger charge is 2.30. The summed E-state index contributed by atoms with van der Waals surface area (Å²) >= 11 is 0. The summed E-state index contributed by atoms with van der Waals surface area (Å²) in [5.41, 5.74) is 0.282. The minimum atomic E-state index is -0.644. The van der Waals surface area contributed by atoms with E-state index < -0.39 is 17.8 Å². The summed E-state index contributed by atoms with van der Waals surface area (Å²) in [4.78, 5) is 12.6. The van der Waals surface area contributed by atoms with Crippen molar-refractivity contribution in [2.75, 3.05) is 13.6 Å². The first-order valence-electron chi connectivity index (χ1n) is 4.53. The highest BCUT2D eigenvalue weighted by atomic mass is 19.1. The third-order valence-electron chi connectivity index (χ3n) is 2.48. The van der Waals surface area contributed by atoms with Gasteiger partial charge in [0.1, 0.15) is 17.8 Å². The lowest BCUT2D eigenvalue weighted by atomic mass is 10.1. The number of carbonyl (C=O) groups excluding carboxylic acids is 1. The van der Waals surface area contributed by atoms with Gasteiger partial charge in [0.2, 0.25) is 5.91 Å². The monoisotopic (exact) mass is 212 g/mol. The number of hydrogen-bond donors (Lipinski definition) is 1. The molecule has 15 heavy (non-hydrogen) atoms. The van der Waals surface area contributed by atoms with Crippen molar-refractivity contribution in [3.63, 3.8) is 0 Å². The summed E-state index contributed by atoms with van der Waals surface area (Å²) in [6.07, 6.45) is -0.502. The number of hydrogen-bond acceptors (Lipinski definition) is 2. The van der Waals surface area contributed by atoms with Crippen molar-refractivity contribution in [2.45, 2.75) is 6.17 Å². The summed E-state index contributed by atoms with van der Waals surface area (Å²) in [7, 11) is 1.58. The Morgan fingerprint density at radius 3 is 2.73 bits per heavy atom. The standard InChI is InChI=1S/C10H10F2N2O/c1-14-9(15)5-13-10(14)7-3-2-6(11)4-8(7)12/h2-4,10,13H,5H2,1H3. The van der Waals surface area contributed by atoms with Crippen LogP contribution >= 0.6 is 0 Å². The van der Waals surface area contributed by atoms with Gasteiger partial charge in [0.25, 0.3) is 0 Å². The molecule has 1 saturated heterocycles. The summed E-state index contributed by atoms with van der Waals surface area (Å²) in [5, 5.41) is 2.85. The minimum absolute atomic E-state index is 0.108. The Hall–Kier alpha value is -1.49. The molecule has 1 aliphatic rings. The summed E-state index contributed by atoms with van der Waals surface area (Å²) in [6, 6.07) is 3.34. The molecule has 1 aliphatic heterocycles. The maximum atomic E-state index is 13.4. The molecule has 1 aromatic rings. The SMILES string of the molecule is CN1C(=O)CNC1c1ccc(F)cc1F. The highest BCUT2D eigenvalue weighted by Crippen LogP contribution is 2.23. The van der Waals surface area contributed by atoms with Gasteiger partial charge in [0, 0.05) is 18.7 Å². The van der Waals surface area contributed by atoms with Crippen LogP contribution in [0.5, 0.6) is 0 Å². The molecule has 0 saturated carbocycles. The minimum Gasteiger partial charge on any atom is -0.325 e. The van der Waals surface area contributed by atoms with Crippen molar-refractivity contribution in [1.82, 2.24) is 10.2 Å². The van der Waals surface area contributed by atoms with Crippen LogP contribution in [0.1, 0.15) is 11.7 Å². The lowest BCUT2D eigenvalue weighted by Crippen LogP contribution is -2.26. The second kappa shape index (κ2) is 3.58. The van der Waals surface area contributed by atoms with E-state index in [4.69, 9.17) is 0 Å². The van der Waals surface area contributed by atoms with Crippen LogP contribution in [0.15, 0.2) is 18.2 Å². The molecule has 0 aliphatic carbocycles. The van der Waals surface area contributed by atoms with Gasteiger partial charge in [-0.2, -0.15) is 0 Å². The number of nitrogens with zero attached hydrogens (tertiary/aromatic N) is 1. The maximum absolute atomic E-state index is 13.4. The van der Waals surface area contributed by atoms with E-state index in [0.717, 1.165) is 6.07 Å². The number of rotatable bonds is 1.